The molecule has 0 aromatic rings. The van der Waals surface area contributed by atoms with E-state index in [0.29, 0.717) is 6.10 Å². The molecule has 1 fully saturated rings. The van der Waals surface area contributed by atoms with Crippen molar-refractivity contribution in [2.75, 3.05) is 0 Å². The van der Waals surface area contributed by atoms with Gasteiger partial charge in [0.25, 0.3) is 0 Å². The van der Waals surface area contributed by atoms with Gasteiger partial charge in [0.05, 0.1) is 6.10 Å². The highest BCUT2D eigenvalue weighted by Gasteiger charge is 2.19. The molecule has 0 amide bonds. The van der Waals surface area contributed by atoms with Crippen molar-refractivity contribution in [3.8, 4) is 0 Å². The van der Waals surface area contributed by atoms with Gasteiger partial charge in [-0.2, -0.15) is 0 Å². The maximum Gasteiger partial charge on any atom is 0.118 e. The van der Waals surface area contributed by atoms with Crippen molar-refractivity contribution >= 4 is 15.9 Å². The minimum atomic E-state index is 0.450. The minimum Gasteiger partial charge on any atom is -0.491 e. The van der Waals surface area contributed by atoms with Crippen LogP contribution in [0.15, 0.2) is 34.0 Å². The summed E-state index contributed by atoms with van der Waals surface area (Å²) < 4.78 is 7.07. The third-order valence-electron chi connectivity index (χ3n) is 2.97. The molecule has 0 atom stereocenters. The largest absolute Gasteiger partial charge is 0.491 e. The molecule has 1 aliphatic rings. The molecular weight excluding hydrogens is 264 g/mol. The summed E-state index contributed by atoms with van der Waals surface area (Å²) in [6, 6.07) is 0. The summed E-state index contributed by atoms with van der Waals surface area (Å²) in [6.07, 6.45) is 11.4. The lowest BCUT2D eigenvalue weighted by molar-refractivity contribution is 0.0572. The van der Waals surface area contributed by atoms with Crippen molar-refractivity contribution in [2.24, 2.45) is 0 Å². The SMILES string of the molecule is C\C=C(Br)/C=C\C(OC1CCC1)=C(/C)CC. The second-order valence-electron chi connectivity index (χ2n) is 4.18. The van der Waals surface area contributed by atoms with Crippen LogP contribution in [-0.4, -0.2) is 6.10 Å². The zero-order valence-electron chi connectivity index (χ0n) is 10.4. The molecule has 0 bridgehead atoms. The first-order valence-electron chi connectivity index (χ1n) is 6.03. The van der Waals surface area contributed by atoms with Gasteiger partial charge in [0, 0.05) is 4.48 Å². The van der Waals surface area contributed by atoms with Crippen molar-refractivity contribution in [3.63, 3.8) is 0 Å². The molecule has 16 heavy (non-hydrogen) atoms. The molecule has 0 aromatic carbocycles. The summed E-state index contributed by atoms with van der Waals surface area (Å²) in [6.45, 7) is 6.32. The Kier molecular flexibility index (Phi) is 5.89. The molecule has 90 valence electrons. The van der Waals surface area contributed by atoms with Crippen LogP contribution in [0.2, 0.25) is 0 Å². The van der Waals surface area contributed by atoms with Gasteiger partial charge in [0.2, 0.25) is 0 Å². The highest BCUT2D eigenvalue weighted by atomic mass is 79.9. The van der Waals surface area contributed by atoms with E-state index in [2.05, 4.69) is 35.9 Å². The van der Waals surface area contributed by atoms with Gasteiger partial charge in [0.15, 0.2) is 0 Å². The second kappa shape index (κ2) is 6.95. The summed E-state index contributed by atoms with van der Waals surface area (Å²) in [5.74, 6) is 1.05. The van der Waals surface area contributed by atoms with E-state index in [1.54, 1.807) is 0 Å². The van der Waals surface area contributed by atoms with Crippen LogP contribution in [0.3, 0.4) is 0 Å². The van der Waals surface area contributed by atoms with Gasteiger partial charge in [0.1, 0.15) is 5.76 Å². The van der Waals surface area contributed by atoms with E-state index in [9.17, 15) is 0 Å². The number of hydrogen-bond donors (Lipinski definition) is 0. The first-order chi connectivity index (χ1) is 7.67. The van der Waals surface area contributed by atoms with Crippen molar-refractivity contribution < 1.29 is 4.74 Å². The Labute approximate surface area is 107 Å². The summed E-state index contributed by atoms with van der Waals surface area (Å²) >= 11 is 3.47. The molecule has 1 rings (SSSR count). The van der Waals surface area contributed by atoms with Crippen molar-refractivity contribution in [1.82, 2.24) is 0 Å². The Morgan fingerprint density at radius 1 is 1.38 bits per heavy atom. The molecule has 0 spiro atoms. The highest BCUT2D eigenvalue weighted by molar-refractivity contribution is 9.11. The zero-order chi connectivity index (χ0) is 12.0. The van der Waals surface area contributed by atoms with E-state index in [1.165, 1.54) is 24.8 Å². The number of rotatable bonds is 5. The fraction of sp³-hybridized carbons (Fsp3) is 0.571. The molecule has 0 N–H and O–H groups in total. The Morgan fingerprint density at radius 2 is 2.06 bits per heavy atom. The topological polar surface area (TPSA) is 9.23 Å². The van der Waals surface area contributed by atoms with Crippen LogP contribution in [0, 0.1) is 0 Å². The van der Waals surface area contributed by atoms with Gasteiger partial charge in [-0.3, -0.25) is 0 Å². The number of ether oxygens (including phenoxy) is 1. The van der Waals surface area contributed by atoms with Crippen LogP contribution in [0.1, 0.15) is 46.5 Å². The molecule has 0 heterocycles. The first kappa shape index (κ1) is 13.6. The molecule has 0 saturated heterocycles. The predicted octanol–water partition coefficient (Wildman–Crippen LogP) is 5.09. The second-order valence-corrected chi connectivity index (χ2v) is 5.09. The van der Waals surface area contributed by atoms with Crippen LogP contribution in [-0.2, 0) is 4.74 Å². The third-order valence-corrected chi connectivity index (χ3v) is 3.69. The summed E-state index contributed by atoms with van der Waals surface area (Å²) in [7, 11) is 0. The normalized spacial score (nSPS) is 19.6. The molecule has 1 saturated carbocycles. The summed E-state index contributed by atoms with van der Waals surface area (Å²) in [5, 5.41) is 0. The predicted molar refractivity (Wildman–Crippen MR) is 73.5 cm³/mol. The van der Waals surface area contributed by atoms with E-state index in [4.69, 9.17) is 4.74 Å². The highest BCUT2D eigenvalue weighted by Crippen LogP contribution is 2.26. The first-order valence-corrected chi connectivity index (χ1v) is 6.83. The fourth-order valence-electron chi connectivity index (χ4n) is 1.38. The quantitative estimate of drug-likeness (QED) is 0.504. The van der Waals surface area contributed by atoms with Crippen LogP contribution in [0.5, 0.6) is 0 Å². The standard InChI is InChI=1S/C14H21BrO/c1-4-11(3)14(10-9-12(15)5-2)16-13-7-6-8-13/h5,9-10,13H,4,6-8H2,1-3H3/b10-9-,12-5+,14-11-. The molecule has 0 radical (unpaired) electrons. The average Bonchev–Trinajstić information content (AvgIpc) is 2.25. The molecule has 0 aliphatic heterocycles. The molecule has 0 aromatic heterocycles. The minimum absolute atomic E-state index is 0.450. The number of halogens is 1. The Balaban J connectivity index is 2.67. The molecule has 0 unspecified atom stereocenters. The molecular formula is C14H21BrO. The van der Waals surface area contributed by atoms with Gasteiger partial charge in [-0.25, -0.2) is 0 Å². The Bertz CT molecular complexity index is 309. The van der Waals surface area contributed by atoms with Gasteiger partial charge >= 0.3 is 0 Å². The molecule has 1 aliphatic carbocycles. The van der Waals surface area contributed by atoms with Gasteiger partial charge < -0.3 is 4.74 Å². The average molecular weight is 285 g/mol. The molecule has 1 nitrogen and oxygen atoms in total. The van der Waals surface area contributed by atoms with E-state index < -0.39 is 0 Å². The fourth-order valence-corrected chi connectivity index (χ4v) is 1.51. The van der Waals surface area contributed by atoms with Crippen LogP contribution in [0.4, 0.5) is 0 Å². The van der Waals surface area contributed by atoms with E-state index >= 15 is 0 Å². The van der Waals surface area contributed by atoms with E-state index in [0.717, 1.165) is 16.7 Å². The lowest BCUT2D eigenvalue weighted by Crippen LogP contribution is -2.21. The lowest BCUT2D eigenvalue weighted by atomic mass is 9.96. The van der Waals surface area contributed by atoms with Crippen molar-refractivity contribution in [3.05, 3.63) is 34.0 Å². The monoisotopic (exact) mass is 284 g/mol. The van der Waals surface area contributed by atoms with Gasteiger partial charge in [-0.05, 0) is 57.3 Å². The van der Waals surface area contributed by atoms with Gasteiger partial charge in [-0.15, -0.1) is 0 Å². The van der Waals surface area contributed by atoms with Crippen LogP contribution in [0.25, 0.3) is 0 Å². The maximum atomic E-state index is 5.98. The summed E-state index contributed by atoms with van der Waals surface area (Å²) in [5.41, 5.74) is 1.32. The maximum absolute atomic E-state index is 5.98. The Morgan fingerprint density at radius 3 is 2.50 bits per heavy atom. The summed E-state index contributed by atoms with van der Waals surface area (Å²) in [4.78, 5) is 0. The zero-order valence-corrected chi connectivity index (χ0v) is 12.0. The molecule has 2 heteroatoms. The van der Waals surface area contributed by atoms with Crippen molar-refractivity contribution in [2.45, 2.75) is 52.6 Å². The smallest absolute Gasteiger partial charge is 0.118 e. The third kappa shape index (κ3) is 4.17. The van der Waals surface area contributed by atoms with E-state index in [-0.39, 0.29) is 0 Å². The van der Waals surface area contributed by atoms with Crippen LogP contribution < -0.4 is 0 Å². The Hall–Kier alpha value is -0.500. The lowest BCUT2D eigenvalue weighted by Gasteiger charge is -2.27. The van der Waals surface area contributed by atoms with Gasteiger partial charge in [-0.1, -0.05) is 28.9 Å². The number of hydrogen-bond acceptors (Lipinski definition) is 1. The van der Waals surface area contributed by atoms with Crippen molar-refractivity contribution in [1.29, 1.82) is 0 Å². The van der Waals surface area contributed by atoms with E-state index in [1.807, 2.05) is 19.1 Å². The number of allylic oxidation sites excluding steroid dienone is 5. The van der Waals surface area contributed by atoms with Crippen LogP contribution >= 0.6 is 15.9 Å².